The summed E-state index contributed by atoms with van der Waals surface area (Å²) in [5, 5.41) is 3.80. The molecule has 1 aliphatic heterocycles. The van der Waals surface area contributed by atoms with Crippen molar-refractivity contribution in [2.45, 2.75) is 37.1 Å². The van der Waals surface area contributed by atoms with Crippen molar-refractivity contribution in [1.29, 1.82) is 0 Å². The number of methoxy groups -OCH3 is 2. The SMILES string of the molecule is COC(=O)C1(C(=O)OC)C[C@]2(C)C[C@@]3(c4ccccc4)Nc4ccccc4[C@@]23C1. The molecule has 5 heteroatoms. The smallest absolute Gasteiger partial charge is 0.323 e. The number of hydrogen-bond donors (Lipinski definition) is 1. The molecule has 3 aliphatic rings. The number of nitrogens with one attached hydrogen (secondary N) is 1. The Morgan fingerprint density at radius 3 is 2.14 bits per heavy atom. The number of carbonyl (C=O) groups is 2. The fraction of sp³-hybridized carbons (Fsp3) is 0.417. The first-order valence-corrected chi connectivity index (χ1v) is 9.99. The Hall–Kier alpha value is -2.82. The van der Waals surface area contributed by atoms with Gasteiger partial charge in [-0.25, -0.2) is 0 Å². The Balaban J connectivity index is 1.77. The van der Waals surface area contributed by atoms with Crippen LogP contribution in [0.25, 0.3) is 0 Å². The maximum absolute atomic E-state index is 13.0. The van der Waals surface area contributed by atoms with Gasteiger partial charge in [0.15, 0.2) is 5.41 Å². The lowest BCUT2D eigenvalue weighted by molar-refractivity contribution is -0.169. The summed E-state index contributed by atoms with van der Waals surface area (Å²) in [6, 6.07) is 18.6. The number of anilines is 1. The molecule has 0 radical (unpaired) electrons. The molecule has 1 heterocycles. The average molecular weight is 391 g/mol. The molecule has 0 bridgehead atoms. The van der Waals surface area contributed by atoms with Crippen molar-refractivity contribution in [1.82, 2.24) is 0 Å². The van der Waals surface area contributed by atoms with E-state index in [4.69, 9.17) is 9.47 Å². The van der Waals surface area contributed by atoms with E-state index in [1.165, 1.54) is 25.3 Å². The number of hydrogen-bond acceptors (Lipinski definition) is 5. The van der Waals surface area contributed by atoms with E-state index in [2.05, 4.69) is 36.5 Å². The predicted octanol–water partition coefficient (Wildman–Crippen LogP) is 3.78. The molecule has 29 heavy (non-hydrogen) atoms. The molecule has 0 aromatic heterocycles. The number of para-hydroxylation sites is 1. The molecule has 2 aromatic rings. The van der Waals surface area contributed by atoms with E-state index < -0.39 is 22.8 Å². The monoisotopic (exact) mass is 391 g/mol. The van der Waals surface area contributed by atoms with Crippen LogP contribution in [0.5, 0.6) is 0 Å². The Bertz CT molecular complexity index is 1000. The van der Waals surface area contributed by atoms with Gasteiger partial charge in [0, 0.05) is 11.1 Å². The summed E-state index contributed by atoms with van der Waals surface area (Å²) in [5.74, 6) is -0.999. The molecule has 2 fully saturated rings. The topological polar surface area (TPSA) is 64.6 Å². The van der Waals surface area contributed by atoms with Crippen molar-refractivity contribution in [3.8, 4) is 0 Å². The number of carbonyl (C=O) groups excluding carboxylic acids is 2. The van der Waals surface area contributed by atoms with Crippen LogP contribution in [0.3, 0.4) is 0 Å². The zero-order valence-corrected chi connectivity index (χ0v) is 17.0. The minimum Gasteiger partial charge on any atom is -0.468 e. The summed E-state index contributed by atoms with van der Waals surface area (Å²) < 4.78 is 10.3. The fourth-order valence-electron chi connectivity index (χ4n) is 6.96. The van der Waals surface area contributed by atoms with Crippen LogP contribution in [-0.2, 0) is 30.0 Å². The highest BCUT2D eigenvalue weighted by Gasteiger charge is 2.83. The highest BCUT2D eigenvalue weighted by Crippen LogP contribution is 2.82. The Morgan fingerprint density at radius 2 is 1.48 bits per heavy atom. The van der Waals surface area contributed by atoms with Crippen LogP contribution in [0.15, 0.2) is 54.6 Å². The third kappa shape index (κ3) is 1.86. The van der Waals surface area contributed by atoms with Gasteiger partial charge in [0.25, 0.3) is 0 Å². The summed E-state index contributed by atoms with van der Waals surface area (Å²) in [7, 11) is 2.69. The van der Waals surface area contributed by atoms with Crippen LogP contribution in [0.2, 0.25) is 0 Å². The minimum atomic E-state index is -1.30. The van der Waals surface area contributed by atoms with Gasteiger partial charge >= 0.3 is 11.9 Å². The molecule has 0 unspecified atom stereocenters. The van der Waals surface area contributed by atoms with Gasteiger partial charge in [-0.05, 0) is 41.9 Å². The van der Waals surface area contributed by atoms with Gasteiger partial charge in [-0.1, -0.05) is 55.5 Å². The molecule has 5 rings (SSSR count). The molecular formula is C24H25NO4. The normalized spacial score (nSPS) is 32.8. The van der Waals surface area contributed by atoms with Crippen LogP contribution < -0.4 is 5.32 Å². The molecule has 2 aromatic carbocycles. The van der Waals surface area contributed by atoms with E-state index in [1.807, 2.05) is 30.3 Å². The zero-order valence-electron chi connectivity index (χ0n) is 17.0. The quantitative estimate of drug-likeness (QED) is 0.637. The van der Waals surface area contributed by atoms with Crippen molar-refractivity contribution >= 4 is 17.6 Å². The number of ether oxygens (including phenoxy) is 2. The highest BCUT2D eigenvalue weighted by molar-refractivity contribution is 6.01. The Morgan fingerprint density at radius 1 is 0.862 bits per heavy atom. The van der Waals surface area contributed by atoms with Gasteiger partial charge in [-0.15, -0.1) is 0 Å². The lowest BCUT2D eigenvalue weighted by Crippen LogP contribution is -2.67. The van der Waals surface area contributed by atoms with E-state index in [0.717, 1.165) is 12.1 Å². The summed E-state index contributed by atoms with van der Waals surface area (Å²) in [6.07, 6.45) is 1.62. The molecular weight excluding hydrogens is 366 g/mol. The molecule has 2 aliphatic carbocycles. The van der Waals surface area contributed by atoms with Crippen molar-refractivity contribution in [2.24, 2.45) is 10.8 Å². The Kier molecular flexibility index (Phi) is 3.53. The van der Waals surface area contributed by atoms with Crippen LogP contribution in [-0.4, -0.2) is 26.2 Å². The lowest BCUT2D eigenvalue weighted by atomic mass is 9.40. The molecule has 5 nitrogen and oxygen atoms in total. The number of fused-ring (bicyclic) bond motifs is 1. The van der Waals surface area contributed by atoms with Gasteiger partial charge in [0.2, 0.25) is 0 Å². The van der Waals surface area contributed by atoms with Gasteiger partial charge in [-0.3, -0.25) is 9.59 Å². The first-order chi connectivity index (χ1) is 13.9. The number of benzene rings is 2. The number of rotatable bonds is 3. The van der Waals surface area contributed by atoms with E-state index >= 15 is 0 Å². The second-order valence-electron chi connectivity index (χ2n) is 9.00. The van der Waals surface area contributed by atoms with Crippen molar-refractivity contribution < 1.29 is 19.1 Å². The third-order valence-electron chi connectivity index (χ3n) is 7.83. The number of esters is 2. The molecule has 0 saturated heterocycles. The van der Waals surface area contributed by atoms with Crippen molar-refractivity contribution in [2.75, 3.05) is 19.5 Å². The summed E-state index contributed by atoms with van der Waals surface area (Å²) in [5.41, 5.74) is 1.12. The summed E-state index contributed by atoms with van der Waals surface area (Å²) >= 11 is 0. The zero-order chi connectivity index (χ0) is 20.5. The van der Waals surface area contributed by atoms with Crippen LogP contribution in [0, 0.1) is 10.8 Å². The van der Waals surface area contributed by atoms with Gasteiger partial charge < -0.3 is 14.8 Å². The largest absolute Gasteiger partial charge is 0.468 e. The molecule has 1 N–H and O–H groups in total. The minimum absolute atomic E-state index is 0.245. The van der Waals surface area contributed by atoms with E-state index in [1.54, 1.807) is 0 Å². The molecule has 1 spiro atoms. The second-order valence-corrected chi connectivity index (χ2v) is 9.00. The standard InChI is InChI=1S/C24H25NO4/c1-21-13-22(19(26)28-2,20(27)29-3)15-23(21)17-11-7-8-12-18(17)25-24(23,14-21)16-9-5-4-6-10-16/h4-12,25H,13-15H2,1-3H3/t21-,23+,24+/m1/s1. The predicted molar refractivity (Wildman–Crippen MR) is 108 cm³/mol. The molecule has 150 valence electrons. The first kappa shape index (κ1) is 18.2. The maximum atomic E-state index is 13.0. The highest BCUT2D eigenvalue weighted by atomic mass is 16.5. The Labute approximate surface area is 170 Å². The molecule has 0 amide bonds. The average Bonchev–Trinajstić information content (AvgIpc) is 3.12. The molecule has 2 saturated carbocycles. The molecule has 3 atom stereocenters. The van der Waals surface area contributed by atoms with E-state index in [-0.39, 0.29) is 11.0 Å². The van der Waals surface area contributed by atoms with Crippen LogP contribution in [0.4, 0.5) is 5.69 Å². The second kappa shape index (κ2) is 5.62. The van der Waals surface area contributed by atoms with E-state index in [0.29, 0.717) is 12.8 Å². The van der Waals surface area contributed by atoms with Crippen molar-refractivity contribution in [3.63, 3.8) is 0 Å². The van der Waals surface area contributed by atoms with Gasteiger partial charge in [0.05, 0.1) is 19.8 Å². The first-order valence-electron chi connectivity index (χ1n) is 9.99. The van der Waals surface area contributed by atoms with Crippen LogP contribution in [0.1, 0.15) is 37.3 Å². The third-order valence-corrected chi connectivity index (χ3v) is 7.83. The summed E-state index contributed by atoms with van der Waals surface area (Å²) in [6.45, 7) is 2.20. The maximum Gasteiger partial charge on any atom is 0.323 e. The van der Waals surface area contributed by atoms with Gasteiger partial charge in [0.1, 0.15) is 0 Å². The van der Waals surface area contributed by atoms with Crippen molar-refractivity contribution in [3.05, 3.63) is 65.7 Å². The lowest BCUT2D eigenvalue weighted by Gasteiger charge is -2.65. The van der Waals surface area contributed by atoms with Crippen LogP contribution >= 0.6 is 0 Å². The van der Waals surface area contributed by atoms with E-state index in [9.17, 15) is 9.59 Å². The fourth-order valence-corrected chi connectivity index (χ4v) is 6.96. The van der Waals surface area contributed by atoms with Gasteiger partial charge in [-0.2, -0.15) is 0 Å². The summed E-state index contributed by atoms with van der Waals surface area (Å²) in [4.78, 5) is 26.0.